The molecular weight excluding hydrogens is 271 g/mol. The minimum Gasteiger partial charge on any atom is -0.550 e. The van der Waals surface area contributed by atoms with Crippen molar-refractivity contribution >= 4 is 5.97 Å². The quantitative estimate of drug-likeness (QED) is 0.341. The van der Waals surface area contributed by atoms with Gasteiger partial charge in [0.05, 0.1) is 6.10 Å². The molecule has 0 aliphatic heterocycles. The Kier molecular flexibility index (Phi) is 21.1. The van der Waals surface area contributed by atoms with Gasteiger partial charge in [-0.1, -0.05) is 77.6 Å². The van der Waals surface area contributed by atoms with Crippen LogP contribution in [0.3, 0.4) is 0 Å². The van der Waals surface area contributed by atoms with E-state index in [0.29, 0.717) is 0 Å². The van der Waals surface area contributed by atoms with Gasteiger partial charge in [-0.15, -0.1) is 0 Å². The molecule has 0 radical (unpaired) electrons. The zero-order valence-corrected chi connectivity index (χ0v) is 14.9. The van der Waals surface area contributed by atoms with Crippen molar-refractivity contribution < 1.29 is 33.9 Å². The first kappa shape index (κ1) is 24.3. The fourth-order valence-electron chi connectivity index (χ4n) is 2.66. The molecule has 0 fully saturated rings. The van der Waals surface area contributed by atoms with Gasteiger partial charge < -0.3 is 15.0 Å². The molecule has 1 atom stereocenters. The Balaban J connectivity index is 0. The van der Waals surface area contributed by atoms with Gasteiger partial charge in [-0.25, -0.2) is 0 Å². The van der Waals surface area contributed by atoms with E-state index < -0.39 is 5.97 Å². The van der Waals surface area contributed by atoms with E-state index in [9.17, 15) is 15.0 Å². The van der Waals surface area contributed by atoms with Crippen molar-refractivity contribution in [2.75, 3.05) is 0 Å². The first-order valence-electron chi connectivity index (χ1n) is 9.04. The summed E-state index contributed by atoms with van der Waals surface area (Å²) in [6.07, 6.45) is 15.9. The summed E-state index contributed by atoms with van der Waals surface area (Å²) in [6, 6.07) is 0. The van der Waals surface area contributed by atoms with Crippen LogP contribution in [0.25, 0.3) is 0 Å². The van der Waals surface area contributed by atoms with Gasteiger partial charge in [0, 0.05) is 5.97 Å². The van der Waals surface area contributed by atoms with Gasteiger partial charge in [-0.05, 0) is 25.7 Å². The average molecular weight is 306 g/mol. The van der Waals surface area contributed by atoms with E-state index in [1.54, 1.807) is 0 Å². The summed E-state index contributed by atoms with van der Waals surface area (Å²) >= 11 is 0. The number of rotatable bonds is 16. The average Bonchev–Trinajstić information content (AvgIpc) is 2.45. The number of aliphatic hydroxyl groups excluding tert-OH is 1. The summed E-state index contributed by atoms with van der Waals surface area (Å²) in [7, 11) is 0. The molecule has 1 unspecified atom stereocenters. The van der Waals surface area contributed by atoms with E-state index in [4.69, 9.17) is 0 Å². The van der Waals surface area contributed by atoms with Gasteiger partial charge in [0.25, 0.3) is 0 Å². The zero-order valence-electron chi connectivity index (χ0n) is 14.9. The molecule has 0 aromatic carbocycles. The van der Waals surface area contributed by atoms with Crippen LogP contribution in [0, 0.1) is 0 Å². The molecule has 0 aliphatic carbocycles. The van der Waals surface area contributed by atoms with Crippen molar-refractivity contribution in [1.29, 1.82) is 0 Å². The molecule has 0 aliphatic rings. The largest absolute Gasteiger partial charge is 1.00 e. The third-order valence-electron chi connectivity index (χ3n) is 4.06. The molecule has 0 aromatic rings. The molecule has 126 valence electrons. The fourth-order valence-corrected chi connectivity index (χ4v) is 2.66. The topological polar surface area (TPSA) is 60.4 Å². The maximum atomic E-state index is 10.2. The summed E-state index contributed by atoms with van der Waals surface area (Å²) in [5.74, 6) is -0.944. The summed E-state index contributed by atoms with van der Waals surface area (Å²) in [5.41, 5.74) is 0. The molecule has 0 saturated heterocycles. The van der Waals surface area contributed by atoms with Crippen molar-refractivity contribution in [2.24, 2.45) is 0 Å². The van der Waals surface area contributed by atoms with Crippen molar-refractivity contribution in [3.05, 3.63) is 0 Å². The Morgan fingerprint density at radius 2 is 1.23 bits per heavy atom. The number of carbonyl (C=O) groups is 1. The molecule has 22 heavy (non-hydrogen) atoms. The van der Waals surface area contributed by atoms with Gasteiger partial charge in [-0.2, -0.15) is 0 Å². The normalized spacial score (nSPS) is 11.9. The standard InChI is InChI=1S/C18H36O3.Li/c1-2-3-4-5-6-8-11-14-17(19)15-12-9-7-10-13-16-18(20)21;/h17,19H,2-16H2,1H3,(H,20,21);/q;+1/p-1. The maximum Gasteiger partial charge on any atom is 1.00 e. The molecule has 4 heteroatoms. The second kappa shape index (κ2) is 19.1. The molecule has 0 amide bonds. The van der Waals surface area contributed by atoms with Gasteiger partial charge in [0.2, 0.25) is 0 Å². The summed E-state index contributed by atoms with van der Waals surface area (Å²) in [4.78, 5) is 10.2. The van der Waals surface area contributed by atoms with Crippen LogP contribution in [0.15, 0.2) is 0 Å². The summed E-state index contributed by atoms with van der Waals surface area (Å²) in [6.45, 7) is 2.24. The molecule has 0 heterocycles. The van der Waals surface area contributed by atoms with Crippen molar-refractivity contribution in [3.8, 4) is 0 Å². The molecule has 0 spiro atoms. The van der Waals surface area contributed by atoms with Crippen LogP contribution < -0.4 is 24.0 Å². The molecule has 0 bridgehead atoms. The Labute approximate surface area is 149 Å². The predicted molar refractivity (Wildman–Crippen MR) is 85.9 cm³/mol. The van der Waals surface area contributed by atoms with E-state index in [1.807, 2.05) is 0 Å². The van der Waals surface area contributed by atoms with Crippen LogP contribution >= 0.6 is 0 Å². The van der Waals surface area contributed by atoms with Crippen LogP contribution in [0.1, 0.15) is 103 Å². The maximum absolute atomic E-state index is 10.2. The van der Waals surface area contributed by atoms with Gasteiger partial charge in [0.1, 0.15) is 0 Å². The van der Waals surface area contributed by atoms with E-state index in [-0.39, 0.29) is 31.4 Å². The monoisotopic (exact) mass is 306 g/mol. The molecule has 1 N–H and O–H groups in total. The third kappa shape index (κ3) is 20.0. The van der Waals surface area contributed by atoms with Crippen molar-refractivity contribution in [2.45, 2.75) is 109 Å². The van der Waals surface area contributed by atoms with E-state index in [0.717, 1.165) is 51.4 Å². The van der Waals surface area contributed by atoms with Gasteiger partial charge in [-0.3, -0.25) is 0 Å². The smallest absolute Gasteiger partial charge is 0.550 e. The first-order valence-corrected chi connectivity index (χ1v) is 9.04. The number of hydrogen-bond acceptors (Lipinski definition) is 3. The number of carboxylic acids is 1. The minimum atomic E-state index is -0.944. The van der Waals surface area contributed by atoms with Crippen LogP contribution in [0.2, 0.25) is 0 Å². The number of hydrogen-bond donors (Lipinski definition) is 1. The second-order valence-electron chi connectivity index (χ2n) is 6.24. The number of aliphatic carboxylic acids is 1. The fraction of sp³-hybridized carbons (Fsp3) is 0.944. The zero-order chi connectivity index (χ0) is 15.8. The summed E-state index contributed by atoms with van der Waals surface area (Å²) in [5, 5.41) is 20.1. The van der Waals surface area contributed by atoms with Gasteiger partial charge in [0.15, 0.2) is 0 Å². The molecule has 0 saturated carbocycles. The Bertz CT molecular complexity index is 234. The SMILES string of the molecule is CCCCCCCCCC(O)CCCCCCCC(=O)[O-].[Li+]. The molecular formula is C18H35LiO3. The van der Waals surface area contributed by atoms with Crippen LogP contribution in [0.4, 0.5) is 0 Å². The van der Waals surface area contributed by atoms with Crippen LogP contribution in [0.5, 0.6) is 0 Å². The Morgan fingerprint density at radius 1 is 0.818 bits per heavy atom. The second-order valence-corrected chi connectivity index (χ2v) is 6.24. The van der Waals surface area contributed by atoms with Crippen LogP contribution in [-0.2, 0) is 4.79 Å². The number of unbranched alkanes of at least 4 members (excludes halogenated alkanes) is 10. The summed E-state index contributed by atoms with van der Waals surface area (Å²) < 4.78 is 0. The van der Waals surface area contributed by atoms with Gasteiger partial charge >= 0.3 is 18.9 Å². The molecule has 0 rings (SSSR count). The molecule has 3 nitrogen and oxygen atoms in total. The predicted octanol–water partition coefficient (Wildman–Crippen LogP) is 0.973. The number of carboxylic acid groups (broad SMARTS) is 1. The minimum absolute atomic E-state index is 0. The van der Waals surface area contributed by atoms with E-state index in [2.05, 4.69) is 6.92 Å². The first-order chi connectivity index (χ1) is 10.2. The number of aliphatic hydroxyl groups is 1. The van der Waals surface area contributed by atoms with E-state index in [1.165, 1.54) is 38.5 Å². The third-order valence-corrected chi connectivity index (χ3v) is 4.06. The Morgan fingerprint density at radius 3 is 1.68 bits per heavy atom. The number of carbonyl (C=O) groups excluding carboxylic acids is 1. The molecule has 0 aromatic heterocycles. The van der Waals surface area contributed by atoms with E-state index >= 15 is 0 Å². The van der Waals surface area contributed by atoms with Crippen molar-refractivity contribution in [1.82, 2.24) is 0 Å². The van der Waals surface area contributed by atoms with Crippen LogP contribution in [-0.4, -0.2) is 17.2 Å². The Hall–Kier alpha value is 0.0274. The van der Waals surface area contributed by atoms with Crippen molar-refractivity contribution in [3.63, 3.8) is 0 Å².